The van der Waals surface area contributed by atoms with Crippen LogP contribution in [0, 0.1) is 10.1 Å². The Kier molecular flexibility index (Phi) is 6.57. The predicted molar refractivity (Wildman–Crippen MR) is 104 cm³/mol. The van der Waals surface area contributed by atoms with Crippen LogP contribution in [0.3, 0.4) is 0 Å². The molecule has 0 aliphatic heterocycles. The maximum Gasteiger partial charge on any atom is 0.289 e. The number of hydrogen-bond donors (Lipinski definition) is 1. The van der Waals surface area contributed by atoms with Crippen LogP contribution in [0.1, 0.15) is 5.56 Å². The molecule has 2 aromatic carbocycles. The second kappa shape index (κ2) is 8.46. The fourth-order valence-corrected chi connectivity index (χ4v) is 3.61. The molecule has 0 unspecified atom stereocenters. The topological polar surface area (TPSA) is 81.5 Å². The van der Waals surface area contributed by atoms with Crippen LogP contribution in [-0.2, 0) is 4.79 Å². The highest BCUT2D eigenvalue weighted by Crippen LogP contribution is 2.33. The number of halogens is 3. The van der Waals surface area contributed by atoms with Crippen molar-refractivity contribution in [3.8, 4) is 5.75 Å². The molecule has 130 valence electrons. The Labute approximate surface area is 165 Å². The van der Waals surface area contributed by atoms with E-state index in [-0.39, 0.29) is 16.4 Å². The number of nitrogens with zero attached hydrogens (tertiary/aromatic N) is 1. The normalized spacial score (nSPS) is 10.7. The first-order valence-corrected chi connectivity index (χ1v) is 8.74. The van der Waals surface area contributed by atoms with E-state index in [4.69, 9.17) is 16.3 Å². The quantitative estimate of drug-likeness (QED) is 0.344. The molecule has 0 atom stereocenters. The maximum absolute atomic E-state index is 12.1. The van der Waals surface area contributed by atoms with E-state index < -0.39 is 10.8 Å². The predicted octanol–water partition coefficient (Wildman–Crippen LogP) is 5.43. The molecule has 0 heterocycles. The number of methoxy groups -OCH3 is 1. The summed E-state index contributed by atoms with van der Waals surface area (Å²) >= 11 is 12.5. The second-order valence-electron chi connectivity index (χ2n) is 4.76. The maximum atomic E-state index is 12.1. The Morgan fingerprint density at radius 3 is 2.68 bits per heavy atom. The third-order valence-corrected chi connectivity index (χ3v) is 4.43. The number of amides is 1. The van der Waals surface area contributed by atoms with E-state index >= 15 is 0 Å². The monoisotopic (exact) mass is 488 g/mol. The standard InChI is InChI=1S/C16H11Br2ClN2O4/c1-25-16-9(6-10(17)7-12(16)18)2-5-15(22)20-11-3-4-13(19)14(8-11)21(23)24/h2-8H,1H3,(H,20,22)/b5-2+. The van der Waals surface area contributed by atoms with Gasteiger partial charge in [-0.15, -0.1) is 0 Å². The van der Waals surface area contributed by atoms with Crippen LogP contribution < -0.4 is 10.1 Å². The zero-order chi connectivity index (χ0) is 18.6. The summed E-state index contributed by atoms with van der Waals surface area (Å²) in [6, 6.07) is 7.65. The summed E-state index contributed by atoms with van der Waals surface area (Å²) in [5.41, 5.74) is 0.676. The molecule has 0 saturated heterocycles. The van der Waals surface area contributed by atoms with Crippen molar-refractivity contribution in [3.05, 3.63) is 66.1 Å². The molecule has 0 aliphatic carbocycles. The molecular formula is C16H11Br2ClN2O4. The molecule has 25 heavy (non-hydrogen) atoms. The van der Waals surface area contributed by atoms with Crippen LogP contribution in [0.25, 0.3) is 6.08 Å². The summed E-state index contributed by atoms with van der Waals surface area (Å²) in [6.45, 7) is 0. The lowest BCUT2D eigenvalue weighted by atomic mass is 10.2. The number of carbonyl (C=O) groups excluding carboxylic acids is 1. The Morgan fingerprint density at radius 1 is 1.32 bits per heavy atom. The highest BCUT2D eigenvalue weighted by Gasteiger charge is 2.13. The van der Waals surface area contributed by atoms with Gasteiger partial charge in [-0.2, -0.15) is 0 Å². The Hall–Kier alpha value is -1.90. The molecule has 0 saturated carbocycles. The van der Waals surface area contributed by atoms with Gasteiger partial charge < -0.3 is 10.1 Å². The molecule has 1 N–H and O–H groups in total. The number of ether oxygens (including phenoxy) is 1. The van der Waals surface area contributed by atoms with E-state index in [0.717, 1.165) is 8.95 Å². The van der Waals surface area contributed by atoms with E-state index in [1.54, 1.807) is 12.1 Å². The zero-order valence-corrected chi connectivity index (χ0v) is 16.7. The van der Waals surface area contributed by atoms with Crippen LogP contribution >= 0.6 is 43.5 Å². The second-order valence-corrected chi connectivity index (χ2v) is 6.93. The number of nitro groups is 1. The van der Waals surface area contributed by atoms with Crippen molar-refractivity contribution in [1.82, 2.24) is 0 Å². The molecular weight excluding hydrogens is 479 g/mol. The zero-order valence-electron chi connectivity index (χ0n) is 12.8. The van der Waals surface area contributed by atoms with Gasteiger partial charge in [0.1, 0.15) is 10.8 Å². The van der Waals surface area contributed by atoms with Crippen LogP contribution in [0.5, 0.6) is 5.75 Å². The highest BCUT2D eigenvalue weighted by molar-refractivity contribution is 9.11. The summed E-state index contributed by atoms with van der Waals surface area (Å²) in [5.74, 6) is 0.129. The van der Waals surface area contributed by atoms with Crippen molar-refractivity contribution >= 4 is 66.8 Å². The van der Waals surface area contributed by atoms with Crippen molar-refractivity contribution in [2.75, 3.05) is 12.4 Å². The van der Waals surface area contributed by atoms with Crippen molar-refractivity contribution in [1.29, 1.82) is 0 Å². The number of carbonyl (C=O) groups is 1. The third-order valence-electron chi connectivity index (χ3n) is 3.07. The summed E-state index contributed by atoms with van der Waals surface area (Å²) in [6.07, 6.45) is 2.88. The van der Waals surface area contributed by atoms with E-state index in [2.05, 4.69) is 37.2 Å². The Bertz CT molecular complexity index is 871. The molecule has 0 aliphatic rings. The van der Waals surface area contributed by atoms with Gasteiger partial charge >= 0.3 is 0 Å². The van der Waals surface area contributed by atoms with Gasteiger partial charge in [0.2, 0.25) is 5.91 Å². The summed E-state index contributed by atoms with van der Waals surface area (Å²) < 4.78 is 6.84. The summed E-state index contributed by atoms with van der Waals surface area (Å²) in [5, 5.41) is 13.4. The number of anilines is 1. The van der Waals surface area contributed by atoms with Gasteiger partial charge in [-0.3, -0.25) is 14.9 Å². The van der Waals surface area contributed by atoms with Crippen molar-refractivity contribution in [3.63, 3.8) is 0 Å². The molecule has 0 fully saturated rings. The first-order valence-electron chi connectivity index (χ1n) is 6.78. The molecule has 2 aromatic rings. The average Bonchev–Trinajstić information content (AvgIpc) is 2.54. The van der Waals surface area contributed by atoms with Gasteiger partial charge in [0.05, 0.1) is 16.5 Å². The van der Waals surface area contributed by atoms with E-state index in [9.17, 15) is 14.9 Å². The average molecular weight is 491 g/mol. The number of hydrogen-bond acceptors (Lipinski definition) is 4. The first kappa shape index (κ1) is 19.4. The lowest BCUT2D eigenvalue weighted by Crippen LogP contribution is -2.08. The fourth-order valence-electron chi connectivity index (χ4n) is 2.00. The minimum atomic E-state index is -0.613. The number of benzene rings is 2. The highest BCUT2D eigenvalue weighted by atomic mass is 79.9. The number of nitrogens with one attached hydrogen (secondary N) is 1. The minimum Gasteiger partial charge on any atom is -0.495 e. The third kappa shape index (κ3) is 5.04. The van der Waals surface area contributed by atoms with Crippen LogP contribution in [0.4, 0.5) is 11.4 Å². The smallest absolute Gasteiger partial charge is 0.289 e. The van der Waals surface area contributed by atoms with Gasteiger partial charge in [0, 0.05) is 27.9 Å². The van der Waals surface area contributed by atoms with Gasteiger partial charge in [-0.25, -0.2) is 0 Å². The Balaban J connectivity index is 2.20. The van der Waals surface area contributed by atoms with Crippen molar-refractivity contribution in [2.45, 2.75) is 0 Å². The lowest BCUT2D eigenvalue weighted by Gasteiger charge is -2.08. The van der Waals surface area contributed by atoms with Crippen LogP contribution in [-0.4, -0.2) is 17.9 Å². The molecule has 6 nitrogen and oxygen atoms in total. The SMILES string of the molecule is COc1c(Br)cc(Br)cc1/C=C/C(=O)Nc1ccc(Cl)c([N+](=O)[O-])c1. The largest absolute Gasteiger partial charge is 0.495 e. The fraction of sp³-hybridized carbons (Fsp3) is 0.0625. The van der Waals surface area contributed by atoms with Gasteiger partial charge in [-0.1, -0.05) is 27.5 Å². The molecule has 2 rings (SSSR count). The van der Waals surface area contributed by atoms with Crippen LogP contribution in [0.15, 0.2) is 45.4 Å². The molecule has 1 amide bonds. The van der Waals surface area contributed by atoms with E-state index in [1.807, 2.05) is 6.07 Å². The molecule has 0 aromatic heterocycles. The molecule has 0 bridgehead atoms. The summed E-state index contributed by atoms with van der Waals surface area (Å²) in [4.78, 5) is 22.3. The van der Waals surface area contributed by atoms with Crippen molar-refractivity contribution in [2.24, 2.45) is 0 Å². The summed E-state index contributed by atoms with van der Waals surface area (Å²) in [7, 11) is 1.53. The van der Waals surface area contributed by atoms with E-state index in [1.165, 1.54) is 31.4 Å². The minimum absolute atomic E-state index is 0.00210. The van der Waals surface area contributed by atoms with Crippen molar-refractivity contribution < 1.29 is 14.5 Å². The number of rotatable bonds is 5. The van der Waals surface area contributed by atoms with Gasteiger partial charge in [-0.05, 0) is 46.3 Å². The van der Waals surface area contributed by atoms with E-state index in [0.29, 0.717) is 11.3 Å². The van der Waals surface area contributed by atoms with Crippen LogP contribution in [0.2, 0.25) is 5.02 Å². The van der Waals surface area contributed by atoms with Gasteiger partial charge in [0.25, 0.3) is 5.69 Å². The lowest BCUT2D eigenvalue weighted by molar-refractivity contribution is -0.384. The number of nitro benzene ring substituents is 1. The Morgan fingerprint density at radius 2 is 2.04 bits per heavy atom. The van der Waals surface area contributed by atoms with Gasteiger partial charge in [0.15, 0.2) is 0 Å². The first-order chi connectivity index (χ1) is 11.8. The molecule has 0 radical (unpaired) electrons. The molecule has 9 heteroatoms. The molecule has 0 spiro atoms.